The van der Waals surface area contributed by atoms with Crippen LogP contribution in [0.1, 0.15) is 37.9 Å². The number of nitrogens with zero attached hydrogens (tertiary/aromatic N) is 1. The molecule has 0 aromatic carbocycles. The summed E-state index contributed by atoms with van der Waals surface area (Å²) in [5, 5.41) is 7.04. The Labute approximate surface area is 86.9 Å². The molecule has 0 atom stereocenters. The molecule has 2 N–H and O–H groups in total. The first-order chi connectivity index (χ1) is 6.84. The van der Waals surface area contributed by atoms with E-state index in [1.54, 1.807) is 0 Å². The maximum Gasteiger partial charge on any atom is 0.340 e. The second-order valence-electron chi connectivity index (χ2n) is 3.70. The summed E-state index contributed by atoms with van der Waals surface area (Å²) in [6.45, 7) is 0. The third-order valence-electron chi connectivity index (χ3n) is 2.56. The van der Waals surface area contributed by atoms with Crippen molar-refractivity contribution in [3.05, 3.63) is 16.3 Å². The lowest BCUT2D eigenvalue weighted by molar-refractivity contribution is 0.516. The van der Waals surface area contributed by atoms with E-state index in [-0.39, 0.29) is 5.69 Å². The summed E-state index contributed by atoms with van der Waals surface area (Å²) in [7, 11) is 0. The molecule has 0 saturated heterocycles. The maximum atomic E-state index is 10.8. The van der Waals surface area contributed by atoms with Crippen molar-refractivity contribution in [3.8, 4) is 0 Å². The van der Waals surface area contributed by atoms with Gasteiger partial charge in [0.05, 0.1) is 5.75 Å². The van der Waals surface area contributed by atoms with E-state index in [0.29, 0.717) is 0 Å². The van der Waals surface area contributed by atoms with Crippen LogP contribution in [-0.2, 0) is 5.75 Å². The summed E-state index contributed by atoms with van der Waals surface area (Å²) in [6.07, 6.45) is 6.73. The molecule has 0 radical (unpaired) electrons. The molecule has 0 unspecified atom stereocenters. The van der Waals surface area contributed by atoms with Gasteiger partial charge in [-0.15, -0.1) is 0 Å². The van der Waals surface area contributed by atoms with Gasteiger partial charge < -0.3 is 0 Å². The number of H-pyrrole nitrogens is 2. The highest BCUT2D eigenvalue weighted by Crippen LogP contribution is 2.29. The lowest BCUT2D eigenvalue weighted by atomic mass is 10.0. The molecule has 0 bridgehead atoms. The number of thioether (sulfide) groups is 1. The number of aromatic amines is 2. The molecule has 0 spiro atoms. The summed E-state index contributed by atoms with van der Waals surface area (Å²) >= 11 is 1.91. The molecule has 78 valence electrons. The van der Waals surface area contributed by atoms with Gasteiger partial charge in [0.15, 0.2) is 0 Å². The molecule has 1 fully saturated rings. The van der Waals surface area contributed by atoms with Crippen LogP contribution in [0.25, 0.3) is 0 Å². The minimum atomic E-state index is -0.204. The van der Waals surface area contributed by atoms with Crippen molar-refractivity contribution in [2.45, 2.75) is 43.1 Å². The van der Waals surface area contributed by atoms with Gasteiger partial charge in [-0.05, 0) is 12.8 Å². The van der Waals surface area contributed by atoms with Crippen LogP contribution in [0.2, 0.25) is 0 Å². The normalized spacial score (nSPS) is 18.6. The third-order valence-corrected chi connectivity index (χ3v) is 3.94. The molecule has 1 heterocycles. The Hall–Kier alpha value is -0.710. The predicted octanol–water partition coefficient (Wildman–Crippen LogP) is 1.66. The Balaban J connectivity index is 1.78. The molecule has 4 nitrogen and oxygen atoms in total. The van der Waals surface area contributed by atoms with Crippen molar-refractivity contribution < 1.29 is 0 Å². The summed E-state index contributed by atoms with van der Waals surface area (Å²) < 4.78 is 0. The summed E-state index contributed by atoms with van der Waals surface area (Å²) in [5.41, 5.74) is -0.204. The standard InChI is InChI=1S/C9H15N3OS/c13-9-10-8(11-12-9)6-14-7-4-2-1-3-5-7/h7H,1-6H2,(H2,10,11,12,13). The van der Waals surface area contributed by atoms with Gasteiger partial charge in [-0.25, -0.2) is 9.89 Å². The van der Waals surface area contributed by atoms with E-state index in [1.165, 1.54) is 32.1 Å². The highest BCUT2D eigenvalue weighted by molar-refractivity contribution is 7.99. The zero-order valence-corrected chi connectivity index (χ0v) is 8.90. The van der Waals surface area contributed by atoms with Crippen LogP contribution in [-0.4, -0.2) is 20.4 Å². The van der Waals surface area contributed by atoms with Crippen molar-refractivity contribution in [3.63, 3.8) is 0 Å². The van der Waals surface area contributed by atoms with E-state index in [0.717, 1.165) is 16.8 Å². The number of nitrogens with one attached hydrogen (secondary N) is 2. The highest BCUT2D eigenvalue weighted by atomic mass is 32.2. The van der Waals surface area contributed by atoms with Gasteiger partial charge in [0.2, 0.25) is 0 Å². The second kappa shape index (κ2) is 4.68. The number of hydrogen-bond donors (Lipinski definition) is 2. The van der Waals surface area contributed by atoms with E-state index < -0.39 is 0 Å². The zero-order valence-electron chi connectivity index (χ0n) is 8.08. The minimum absolute atomic E-state index is 0.204. The van der Waals surface area contributed by atoms with Crippen LogP contribution in [0, 0.1) is 0 Å². The first kappa shape index (κ1) is 9.83. The van der Waals surface area contributed by atoms with Crippen molar-refractivity contribution in [1.82, 2.24) is 15.2 Å². The minimum Gasteiger partial charge on any atom is -0.292 e. The first-order valence-corrected chi connectivity index (χ1v) is 6.14. The highest BCUT2D eigenvalue weighted by Gasteiger charge is 2.14. The van der Waals surface area contributed by atoms with Crippen LogP contribution >= 0.6 is 11.8 Å². The van der Waals surface area contributed by atoms with Gasteiger partial charge in [-0.1, -0.05) is 19.3 Å². The topological polar surface area (TPSA) is 61.5 Å². The Morgan fingerprint density at radius 2 is 2.14 bits per heavy atom. The molecule has 1 aliphatic carbocycles. The maximum absolute atomic E-state index is 10.8. The fraction of sp³-hybridized carbons (Fsp3) is 0.778. The molecule has 2 rings (SSSR count). The Kier molecular flexibility index (Phi) is 3.29. The number of hydrogen-bond acceptors (Lipinski definition) is 3. The Morgan fingerprint density at radius 1 is 1.36 bits per heavy atom. The summed E-state index contributed by atoms with van der Waals surface area (Å²) in [4.78, 5) is 13.4. The van der Waals surface area contributed by atoms with E-state index >= 15 is 0 Å². The van der Waals surface area contributed by atoms with Crippen LogP contribution in [0.15, 0.2) is 4.79 Å². The molecule has 14 heavy (non-hydrogen) atoms. The summed E-state index contributed by atoms with van der Waals surface area (Å²) in [6, 6.07) is 0. The second-order valence-corrected chi connectivity index (χ2v) is 4.98. The van der Waals surface area contributed by atoms with Crippen LogP contribution < -0.4 is 5.69 Å². The van der Waals surface area contributed by atoms with Gasteiger partial charge in [-0.2, -0.15) is 16.9 Å². The van der Waals surface area contributed by atoms with Crippen LogP contribution in [0.3, 0.4) is 0 Å². The Morgan fingerprint density at radius 3 is 2.79 bits per heavy atom. The number of aromatic nitrogens is 3. The van der Waals surface area contributed by atoms with Crippen LogP contribution in [0.5, 0.6) is 0 Å². The van der Waals surface area contributed by atoms with Gasteiger partial charge in [-0.3, -0.25) is 4.98 Å². The van der Waals surface area contributed by atoms with Crippen LogP contribution in [0.4, 0.5) is 0 Å². The van der Waals surface area contributed by atoms with E-state index in [4.69, 9.17) is 0 Å². The van der Waals surface area contributed by atoms with E-state index in [1.807, 2.05) is 11.8 Å². The monoisotopic (exact) mass is 213 g/mol. The Bertz CT molecular complexity index is 327. The molecule has 5 heteroatoms. The summed E-state index contributed by atoms with van der Waals surface area (Å²) in [5.74, 6) is 1.59. The molecule has 0 aliphatic heterocycles. The zero-order chi connectivity index (χ0) is 9.80. The van der Waals surface area contributed by atoms with E-state index in [2.05, 4.69) is 15.2 Å². The van der Waals surface area contributed by atoms with Gasteiger partial charge in [0.25, 0.3) is 0 Å². The molecule has 0 amide bonds. The predicted molar refractivity (Wildman–Crippen MR) is 57.4 cm³/mol. The largest absolute Gasteiger partial charge is 0.340 e. The smallest absolute Gasteiger partial charge is 0.292 e. The average Bonchev–Trinajstić information content (AvgIpc) is 2.63. The molecule has 1 aromatic rings. The molecule has 1 saturated carbocycles. The SMILES string of the molecule is O=c1[nH]nc(CSC2CCCCC2)[nH]1. The average molecular weight is 213 g/mol. The first-order valence-electron chi connectivity index (χ1n) is 5.10. The van der Waals surface area contributed by atoms with Crippen molar-refractivity contribution in [2.24, 2.45) is 0 Å². The van der Waals surface area contributed by atoms with Crippen molar-refractivity contribution in [1.29, 1.82) is 0 Å². The quantitative estimate of drug-likeness (QED) is 0.802. The van der Waals surface area contributed by atoms with Crippen molar-refractivity contribution in [2.75, 3.05) is 0 Å². The van der Waals surface area contributed by atoms with Crippen molar-refractivity contribution >= 4 is 11.8 Å². The molecular weight excluding hydrogens is 198 g/mol. The van der Waals surface area contributed by atoms with E-state index in [9.17, 15) is 4.79 Å². The van der Waals surface area contributed by atoms with Gasteiger partial charge in [0, 0.05) is 5.25 Å². The lowest BCUT2D eigenvalue weighted by Gasteiger charge is -2.20. The lowest BCUT2D eigenvalue weighted by Crippen LogP contribution is -2.08. The molecule has 1 aliphatic rings. The van der Waals surface area contributed by atoms with Gasteiger partial charge >= 0.3 is 5.69 Å². The molecule has 1 aromatic heterocycles. The number of rotatable bonds is 3. The fourth-order valence-corrected chi connectivity index (χ4v) is 3.00. The third kappa shape index (κ3) is 2.64. The fourth-order valence-electron chi connectivity index (χ4n) is 1.80. The molecular formula is C9H15N3OS. The van der Waals surface area contributed by atoms with Gasteiger partial charge in [0.1, 0.15) is 5.82 Å².